The Bertz CT molecular complexity index is 465. The summed E-state index contributed by atoms with van der Waals surface area (Å²) < 4.78 is 6.39. The van der Waals surface area contributed by atoms with Crippen molar-refractivity contribution in [2.45, 2.75) is 13.0 Å². The maximum Gasteiger partial charge on any atom is 0.303 e. The summed E-state index contributed by atoms with van der Waals surface area (Å²) in [6.45, 7) is 1.44. The van der Waals surface area contributed by atoms with E-state index >= 15 is 0 Å². The first-order valence-corrected chi connectivity index (χ1v) is 6.24. The number of carbonyl (C=O) groups is 1. The Morgan fingerprint density at radius 2 is 1.94 bits per heavy atom. The maximum atomic E-state index is 11.2. The van der Waals surface area contributed by atoms with Gasteiger partial charge in [0.15, 0.2) is 0 Å². The van der Waals surface area contributed by atoms with Gasteiger partial charge >= 0.3 is 5.97 Å². The van der Waals surface area contributed by atoms with Crippen LogP contribution in [-0.2, 0) is 9.53 Å². The molecule has 1 aliphatic rings. The summed E-state index contributed by atoms with van der Waals surface area (Å²) in [7, 11) is 0. The Balaban J connectivity index is 2.33. The van der Waals surface area contributed by atoms with Crippen molar-refractivity contribution in [1.29, 1.82) is 0 Å². The second kappa shape index (κ2) is 5.32. The van der Waals surface area contributed by atoms with Gasteiger partial charge < -0.3 is 4.74 Å². The van der Waals surface area contributed by atoms with Crippen LogP contribution < -0.4 is 0 Å². The van der Waals surface area contributed by atoms with E-state index in [9.17, 15) is 4.79 Å². The Kier molecular flexibility index (Phi) is 3.79. The minimum atomic E-state index is -0.266. The van der Waals surface area contributed by atoms with Crippen molar-refractivity contribution >= 4 is 21.9 Å². The van der Waals surface area contributed by atoms with Crippen LogP contribution in [0, 0.1) is 5.92 Å². The molecule has 0 aromatic heterocycles. The highest BCUT2D eigenvalue weighted by Gasteiger charge is 2.25. The predicted molar refractivity (Wildman–Crippen MR) is 70.4 cm³/mol. The number of allylic oxidation sites excluding steroid dienone is 2. The second-order valence-corrected chi connectivity index (χ2v) is 4.75. The van der Waals surface area contributed by atoms with E-state index in [0.29, 0.717) is 0 Å². The fourth-order valence-electron chi connectivity index (χ4n) is 1.88. The number of benzene rings is 1. The molecule has 0 amide bonds. The van der Waals surface area contributed by atoms with E-state index in [1.54, 1.807) is 0 Å². The van der Waals surface area contributed by atoms with Crippen molar-refractivity contribution in [2.24, 2.45) is 5.92 Å². The van der Waals surface area contributed by atoms with Crippen molar-refractivity contribution < 1.29 is 9.53 Å². The quantitative estimate of drug-likeness (QED) is 0.792. The van der Waals surface area contributed by atoms with Gasteiger partial charge in [0, 0.05) is 22.9 Å². The van der Waals surface area contributed by atoms with E-state index in [1.807, 2.05) is 48.6 Å². The molecule has 0 radical (unpaired) electrons. The highest BCUT2D eigenvalue weighted by Crippen LogP contribution is 2.34. The number of carbonyl (C=O) groups excluding carboxylic acids is 1. The summed E-state index contributed by atoms with van der Waals surface area (Å²) in [6.07, 6.45) is 7.74. The van der Waals surface area contributed by atoms with Crippen LogP contribution in [-0.4, -0.2) is 5.97 Å². The Morgan fingerprint density at radius 3 is 2.53 bits per heavy atom. The molecule has 2 rings (SSSR count). The molecule has 0 bridgehead atoms. The number of halogens is 1. The number of ether oxygens (including phenoxy) is 1. The largest absolute Gasteiger partial charge is 0.457 e. The summed E-state index contributed by atoms with van der Waals surface area (Å²) in [5, 5.41) is 0. The minimum Gasteiger partial charge on any atom is -0.457 e. The van der Waals surface area contributed by atoms with Crippen LogP contribution in [0.25, 0.3) is 0 Å². The summed E-state index contributed by atoms with van der Waals surface area (Å²) in [4.78, 5) is 11.2. The lowest BCUT2D eigenvalue weighted by Gasteiger charge is -2.22. The van der Waals surface area contributed by atoms with Crippen LogP contribution in [0.3, 0.4) is 0 Å². The second-order valence-electron chi connectivity index (χ2n) is 3.90. The number of hydrogen-bond acceptors (Lipinski definition) is 2. The lowest BCUT2D eigenvalue weighted by Crippen LogP contribution is -2.15. The van der Waals surface area contributed by atoms with Gasteiger partial charge in [-0.1, -0.05) is 58.4 Å². The molecular formula is C14H13BrO2. The van der Waals surface area contributed by atoms with Crippen LogP contribution >= 0.6 is 15.9 Å². The summed E-state index contributed by atoms with van der Waals surface area (Å²) in [6, 6.07) is 7.81. The zero-order valence-electron chi connectivity index (χ0n) is 9.47. The highest BCUT2D eigenvalue weighted by atomic mass is 79.9. The molecule has 0 fully saturated rings. The zero-order valence-corrected chi connectivity index (χ0v) is 11.1. The Labute approximate surface area is 109 Å². The predicted octanol–water partition coefficient (Wildman–Crippen LogP) is 3.80. The number of hydrogen-bond donors (Lipinski definition) is 0. The lowest BCUT2D eigenvalue weighted by molar-refractivity contribution is -0.147. The molecule has 0 spiro atoms. The van der Waals surface area contributed by atoms with Crippen LogP contribution in [0.2, 0.25) is 0 Å². The fourth-order valence-corrected chi connectivity index (χ4v) is 2.40. The van der Waals surface area contributed by atoms with Gasteiger partial charge in [0.1, 0.15) is 6.10 Å². The molecule has 1 unspecified atom stereocenters. The van der Waals surface area contributed by atoms with E-state index in [-0.39, 0.29) is 18.0 Å². The van der Waals surface area contributed by atoms with E-state index in [0.717, 1.165) is 10.0 Å². The van der Waals surface area contributed by atoms with Crippen molar-refractivity contribution in [3.05, 3.63) is 58.6 Å². The molecule has 0 saturated heterocycles. The molecule has 0 N–H and O–H groups in total. The molecule has 1 aromatic carbocycles. The first-order valence-electron chi connectivity index (χ1n) is 5.45. The molecule has 2 nitrogen and oxygen atoms in total. The van der Waals surface area contributed by atoms with E-state index in [4.69, 9.17) is 4.74 Å². The molecule has 17 heavy (non-hydrogen) atoms. The average molecular weight is 293 g/mol. The third kappa shape index (κ3) is 2.86. The van der Waals surface area contributed by atoms with Crippen molar-refractivity contribution in [3.63, 3.8) is 0 Å². The summed E-state index contributed by atoms with van der Waals surface area (Å²) in [5.74, 6) is -0.156. The standard InChI is InChI=1S/C14H13BrO2/c1-10(16)17-14(11-6-2-3-7-11)12-8-4-5-9-13(12)15/h2-9,11,14H,1H3. The van der Waals surface area contributed by atoms with Crippen molar-refractivity contribution in [3.8, 4) is 0 Å². The van der Waals surface area contributed by atoms with Gasteiger partial charge in [0.05, 0.1) is 0 Å². The van der Waals surface area contributed by atoms with Crippen LogP contribution in [0.1, 0.15) is 18.6 Å². The van der Waals surface area contributed by atoms with E-state index in [1.165, 1.54) is 6.92 Å². The van der Waals surface area contributed by atoms with Crippen LogP contribution in [0.4, 0.5) is 0 Å². The van der Waals surface area contributed by atoms with E-state index < -0.39 is 0 Å². The molecule has 0 saturated carbocycles. The summed E-state index contributed by atoms with van der Waals surface area (Å²) >= 11 is 3.49. The topological polar surface area (TPSA) is 26.3 Å². The third-order valence-corrected chi connectivity index (χ3v) is 3.35. The smallest absolute Gasteiger partial charge is 0.303 e. The van der Waals surface area contributed by atoms with Crippen LogP contribution in [0.5, 0.6) is 0 Å². The van der Waals surface area contributed by atoms with Gasteiger partial charge in [-0.05, 0) is 6.07 Å². The molecule has 0 aliphatic heterocycles. The first kappa shape index (κ1) is 12.1. The number of rotatable bonds is 3. The lowest BCUT2D eigenvalue weighted by atomic mass is 9.97. The van der Waals surface area contributed by atoms with Gasteiger partial charge in [0.25, 0.3) is 0 Å². The first-order chi connectivity index (χ1) is 8.18. The maximum absolute atomic E-state index is 11.2. The van der Waals surface area contributed by atoms with Gasteiger partial charge in [-0.3, -0.25) is 4.79 Å². The van der Waals surface area contributed by atoms with Gasteiger partial charge in [-0.25, -0.2) is 0 Å². The fraction of sp³-hybridized carbons (Fsp3) is 0.214. The van der Waals surface area contributed by atoms with Gasteiger partial charge in [-0.2, -0.15) is 0 Å². The monoisotopic (exact) mass is 292 g/mol. The molecule has 1 aliphatic carbocycles. The molecule has 0 heterocycles. The molecule has 1 atom stereocenters. The average Bonchev–Trinajstić information content (AvgIpc) is 2.80. The van der Waals surface area contributed by atoms with Crippen LogP contribution in [0.15, 0.2) is 53.0 Å². The van der Waals surface area contributed by atoms with Gasteiger partial charge in [0.2, 0.25) is 0 Å². The molecular weight excluding hydrogens is 280 g/mol. The molecule has 1 aromatic rings. The zero-order chi connectivity index (χ0) is 12.3. The molecule has 3 heteroatoms. The highest BCUT2D eigenvalue weighted by molar-refractivity contribution is 9.10. The Hall–Kier alpha value is -1.35. The Morgan fingerprint density at radius 1 is 1.29 bits per heavy atom. The summed E-state index contributed by atoms with van der Waals surface area (Å²) in [5.41, 5.74) is 0.990. The van der Waals surface area contributed by atoms with E-state index in [2.05, 4.69) is 15.9 Å². The van der Waals surface area contributed by atoms with Gasteiger partial charge in [-0.15, -0.1) is 0 Å². The third-order valence-electron chi connectivity index (χ3n) is 2.63. The number of esters is 1. The van der Waals surface area contributed by atoms with Crippen molar-refractivity contribution in [2.75, 3.05) is 0 Å². The SMILES string of the molecule is CC(=O)OC(c1ccccc1Br)C1C=CC=C1. The normalized spacial score (nSPS) is 16.1. The minimum absolute atomic E-state index is 0.109. The molecule has 88 valence electrons. The van der Waals surface area contributed by atoms with Crippen molar-refractivity contribution in [1.82, 2.24) is 0 Å².